The van der Waals surface area contributed by atoms with Crippen LogP contribution < -0.4 is 5.32 Å². The molecule has 0 aliphatic carbocycles. The molecule has 122 valence electrons. The Bertz CT molecular complexity index is 482. The summed E-state index contributed by atoms with van der Waals surface area (Å²) in [7, 11) is 0. The van der Waals surface area contributed by atoms with E-state index in [9.17, 15) is 14.7 Å². The highest BCUT2D eigenvalue weighted by molar-refractivity contribution is 5.80. The van der Waals surface area contributed by atoms with Gasteiger partial charge in [0.15, 0.2) is 0 Å². The second kappa shape index (κ2) is 8.57. The average Bonchev–Trinajstić information content (AvgIpc) is 2.53. The Labute approximate surface area is 132 Å². The minimum Gasteiger partial charge on any atom is -0.481 e. The Morgan fingerprint density at radius 1 is 1.05 bits per heavy atom. The normalized spacial score (nSPS) is 15.1. The lowest BCUT2D eigenvalue weighted by atomic mass is 9.87. The summed E-state index contributed by atoms with van der Waals surface area (Å²) in [6, 6.07) is 8.78. The van der Waals surface area contributed by atoms with Crippen LogP contribution in [0.15, 0.2) is 30.3 Å². The van der Waals surface area contributed by atoms with Gasteiger partial charge in [0.1, 0.15) is 0 Å². The molecule has 0 bridgehead atoms. The number of hydrogen-bond donors (Lipinski definition) is 2. The van der Waals surface area contributed by atoms with Crippen molar-refractivity contribution in [2.24, 2.45) is 17.8 Å². The second-order valence-electron chi connectivity index (χ2n) is 5.89. The fourth-order valence-corrected chi connectivity index (χ4v) is 2.79. The number of benzene rings is 1. The number of nitrogens with one attached hydrogen (secondary N) is 1. The van der Waals surface area contributed by atoms with E-state index in [0.29, 0.717) is 5.92 Å². The van der Waals surface area contributed by atoms with Crippen molar-refractivity contribution in [2.45, 2.75) is 46.6 Å². The number of carboxylic acids is 1. The van der Waals surface area contributed by atoms with E-state index in [-0.39, 0.29) is 11.8 Å². The van der Waals surface area contributed by atoms with Crippen LogP contribution in [0.25, 0.3) is 0 Å². The predicted molar refractivity (Wildman–Crippen MR) is 87.4 cm³/mol. The third-order valence-corrected chi connectivity index (χ3v) is 4.52. The number of amides is 1. The maximum atomic E-state index is 12.5. The van der Waals surface area contributed by atoms with E-state index >= 15 is 0 Å². The minimum atomic E-state index is -0.913. The van der Waals surface area contributed by atoms with E-state index in [1.165, 1.54) is 0 Å². The maximum Gasteiger partial charge on any atom is 0.308 e. The van der Waals surface area contributed by atoms with Crippen LogP contribution in [-0.4, -0.2) is 17.0 Å². The van der Waals surface area contributed by atoms with Crippen molar-refractivity contribution in [3.05, 3.63) is 35.9 Å². The molecular formula is C18H27NO3. The molecule has 0 aromatic heterocycles. The van der Waals surface area contributed by atoms with Gasteiger partial charge in [-0.3, -0.25) is 9.59 Å². The summed E-state index contributed by atoms with van der Waals surface area (Å²) in [6.45, 7) is 7.70. The van der Waals surface area contributed by atoms with E-state index < -0.39 is 17.9 Å². The van der Waals surface area contributed by atoms with Crippen molar-refractivity contribution in [3.63, 3.8) is 0 Å². The molecule has 0 heterocycles. The van der Waals surface area contributed by atoms with E-state index in [1.807, 2.05) is 37.3 Å². The van der Waals surface area contributed by atoms with E-state index in [1.54, 1.807) is 6.92 Å². The van der Waals surface area contributed by atoms with Gasteiger partial charge in [-0.1, -0.05) is 63.9 Å². The lowest BCUT2D eigenvalue weighted by Crippen LogP contribution is -2.40. The summed E-state index contributed by atoms with van der Waals surface area (Å²) >= 11 is 0. The van der Waals surface area contributed by atoms with Crippen LogP contribution in [0.5, 0.6) is 0 Å². The van der Waals surface area contributed by atoms with Gasteiger partial charge in [0.05, 0.1) is 12.0 Å². The van der Waals surface area contributed by atoms with Crippen molar-refractivity contribution in [2.75, 3.05) is 0 Å². The van der Waals surface area contributed by atoms with Crippen LogP contribution in [0, 0.1) is 17.8 Å². The first-order chi connectivity index (χ1) is 10.4. The maximum absolute atomic E-state index is 12.5. The van der Waals surface area contributed by atoms with E-state index in [0.717, 1.165) is 18.4 Å². The number of hydrogen-bond acceptors (Lipinski definition) is 2. The van der Waals surface area contributed by atoms with Gasteiger partial charge in [-0.05, 0) is 18.4 Å². The van der Waals surface area contributed by atoms with Crippen LogP contribution in [-0.2, 0) is 9.59 Å². The zero-order valence-corrected chi connectivity index (χ0v) is 13.9. The number of carbonyl (C=O) groups excluding carboxylic acids is 1. The van der Waals surface area contributed by atoms with Crippen LogP contribution in [0.2, 0.25) is 0 Å². The number of carbonyl (C=O) groups is 2. The fourth-order valence-electron chi connectivity index (χ4n) is 2.79. The third kappa shape index (κ3) is 4.58. The van der Waals surface area contributed by atoms with Gasteiger partial charge in [0.2, 0.25) is 5.91 Å². The first-order valence-electron chi connectivity index (χ1n) is 8.00. The Balaban J connectivity index is 2.94. The monoisotopic (exact) mass is 305 g/mol. The smallest absolute Gasteiger partial charge is 0.308 e. The molecule has 22 heavy (non-hydrogen) atoms. The average molecular weight is 305 g/mol. The van der Waals surface area contributed by atoms with Gasteiger partial charge in [-0.15, -0.1) is 0 Å². The molecule has 0 spiro atoms. The van der Waals surface area contributed by atoms with Crippen molar-refractivity contribution < 1.29 is 14.7 Å². The zero-order chi connectivity index (χ0) is 16.7. The molecule has 0 aliphatic rings. The third-order valence-electron chi connectivity index (χ3n) is 4.52. The number of carboxylic acid groups (broad SMARTS) is 1. The molecule has 1 rings (SSSR count). The molecule has 2 N–H and O–H groups in total. The van der Waals surface area contributed by atoms with Gasteiger partial charge in [0, 0.05) is 5.92 Å². The second-order valence-corrected chi connectivity index (χ2v) is 5.89. The highest BCUT2D eigenvalue weighted by atomic mass is 16.4. The van der Waals surface area contributed by atoms with Crippen LogP contribution >= 0.6 is 0 Å². The lowest BCUT2D eigenvalue weighted by molar-refractivity contribution is -0.142. The summed E-state index contributed by atoms with van der Waals surface area (Å²) in [5.41, 5.74) is 0.822. The van der Waals surface area contributed by atoms with Gasteiger partial charge in [0.25, 0.3) is 0 Å². The Kier molecular flexibility index (Phi) is 7.09. The standard InChI is InChI=1S/C18H27NO3/c1-5-14(6-2)12(3)17(20)19-16(13(4)18(21)22)15-10-8-7-9-11-15/h7-14,16H,5-6H2,1-4H3,(H,19,20)(H,21,22). The molecule has 0 saturated heterocycles. The summed E-state index contributed by atoms with van der Waals surface area (Å²) in [5, 5.41) is 12.3. The molecule has 1 aromatic rings. The highest BCUT2D eigenvalue weighted by Gasteiger charge is 2.29. The van der Waals surface area contributed by atoms with Gasteiger partial charge >= 0.3 is 5.97 Å². The summed E-state index contributed by atoms with van der Waals surface area (Å²) in [6.07, 6.45) is 1.88. The van der Waals surface area contributed by atoms with Crippen molar-refractivity contribution in [3.8, 4) is 0 Å². The van der Waals surface area contributed by atoms with Crippen molar-refractivity contribution in [1.82, 2.24) is 5.32 Å². The van der Waals surface area contributed by atoms with Gasteiger partial charge in [-0.25, -0.2) is 0 Å². The molecule has 0 radical (unpaired) electrons. The quantitative estimate of drug-likeness (QED) is 0.770. The predicted octanol–water partition coefficient (Wildman–Crippen LogP) is 3.64. The Hall–Kier alpha value is -1.84. The zero-order valence-electron chi connectivity index (χ0n) is 13.9. The minimum absolute atomic E-state index is 0.0735. The van der Waals surface area contributed by atoms with Crippen molar-refractivity contribution in [1.29, 1.82) is 0 Å². The molecule has 1 amide bonds. The Morgan fingerprint density at radius 3 is 2.05 bits per heavy atom. The number of aliphatic carboxylic acids is 1. The molecule has 3 atom stereocenters. The lowest BCUT2D eigenvalue weighted by Gasteiger charge is -2.27. The largest absolute Gasteiger partial charge is 0.481 e. The van der Waals surface area contributed by atoms with Crippen LogP contribution in [0.4, 0.5) is 0 Å². The molecule has 1 aromatic carbocycles. The van der Waals surface area contributed by atoms with Crippen LogP contribution in [0.3, 0.4) is 0 Å². The first-order valence-corrected chi connectivity index (χ1v) is 8.00. The summed E-state index contributed by atoms with van der Waals surface area (Å²) in [5.74, 6) is -1.47. The van der Waals surface area contributed by atoms with Crippen LogP contribution in [0.1, 0.15) is 52.1 Å². The SMILES string of the molecule is CCC(CC)C(C)C(=O)NC(c1ccccc1)C(C)C(=O)O. The number of rotatable bonds is 8. The Morgan fingerprint density at radius 2 is 1.59 bits per heavy atom. The highest BCUT2D eigenvalue weighted by Crippen LogP contribution is 2.25. The molecule has 4 heteroatoms. The van der Waals surface area contributed by atoms with Crippen molar-refractivity contribution >= 4 is 11.9 Å². The van der Waals surface area contributed by atoms with E-state index in [2.05, 4.69) is 19.2 Å². The molecule has 0 saturated carbocycles. The van der Waals surface area contributed by atoms with Gasteiger partial charge in [-0.2, -0.15) is 0 Å². The molecule has 0 fully saturated rings. The molecule has 3 unspecified atom stereocenters. The topological polar surface area (TPSA) is 66.4 Å². The molecular weight excluding hydrogens is 278 g/mol. The first kappa shape index (κ1) is 18.2. The molecule has 4 nitrogen and oxygen atoms in total. The summed E-state index contributed by atoms with van der Waals surface area (Å²) < 4.78 is 0. The van der Waals surface area contributed by atoms with E-state index in [4.69, 9.17) is 0 Å². The summed E-state index contributed by atoms with van der Waals surface area (Å²) in [4.78, 5) is 23.9. The van der Waals surface area contributed by atoms with Gasteiger partial charge < -0.3 is 10.4 Å². The molecule has 0 aliphatic heterocycles. The fraction of sp³-hybridized carbons (Fsp3) is 0.556.